The summed E-state index contributed by atoms with van der Waals surface area (Å²) in [5.41, 5.74) is 12.0. The summed E-state index contributed by atoms with van der Waals surface area (Å²) in [5, 5.41) is 69.3. The molecule has 12 N–H and O–H groups in total. The molecule has 0 radical (unpaired) electrons. The Hall–Kier alpha value is -6.90. The Morgan fingerprint density at radius 1 is 0.765 bits per heavy atom. The Balaban J connectivity index is 0.000000261. The maximum Gasteiger partial charge on any atom is 0.407 e. The lowest BCUT2D eigenvalue weighted by molar-refractivity contribution is -0.144. The van der Waals surface area contributed by atoms with Crippen molar-refractivity contribution < 1.29 is 78.0 Å². The average Bonchev–Trinajstić information content (AvgIpc) is 4.14. The van der Waals surface area contributed by atoms with Gasteiger partial charge in [0.05, 0.1) is 45.4 Å². The summed E-state index contributed by atoms with van der Waals surface area (Å²) < 4.78 is 39.5. The summed E-state index contributed by atoms with van der Waals surface area (Å²) in [6.45, 7) is 3.08. The largest absolute Gasteiger partial charge is 0.506 e. The number of unbranched alkanes of at least 4 members (excludes halogenated alkanes) is 3. The molecule has 26 heteroatoms. The topological polar surface area (TPSA) is 379 Å². The molecule has 1 saturated heterocycles. The van der Waals surface area contributed by atoms with Crippen LogP contribution in [0.25, 0.3) is 11.1 Å². The minimum absolute atomic E-state index is 0.00464. The van der Waals surface area contributed by atoms with Crippen LogP contribution >= 0.6 is 7.60 Å². The molecule has 1 amide bonds. The fourth-order valence-corrected chi connectivity index (χ4v) is 10.6. The molecule has 7 atom stereocenters. The van der Waals surface area contributed by atoms with E-state index in [1.54, 1.807) is 13.8 Å². The Kier molecular flexibility index (Phi) is 23.6. The summed E-state index contributed by atoms with van der Waals surface area (Å²) in [5.74, 6) is -1.05. The van der Waals surface area contributed by atoms with Crippen molar-refractivity contribution in [3.05, 3.63) is 128 Å². The second-order valence-corrected chi connectivity index (χ2v) is 21.4. The first kappa shape index (κ1) is 63.3. The molecular weight excluding hydrogens is 1080 g/mol. The third kappa shape index (κ3) is 16.8. The molecule has 2 aliphatic rings. The first-order valence-electron chi connectivity index (χ1n) is 26.4. The number of amides is 1. The van der Waals surface area contributed by atoms with Crippen molar-refractivity contribution in [3.63, 3.8) is 0 Å². The van der Waals surface area contributed by atoms with Gasteiger partial charge >= 0.3 is 31.3 Å². The number of aromatic nitrogens is 4. The molecule has 4 unspecified atom stereocenters. The van der Waals surface area contributed by atoms with E-state index in [1.165, 1.54) is 50.0 Å². The zero-order valence-electron chi connectivity index (χ0n) is 45.6. The first-order chi connectivity index (χ1) is 38.8. The van der Waals surface area contributed by atoms with Gasteiger partial charge < -0.3 is 80.7 Å². The Labute approximate surface area is 468 Å². The second kappa shape index (κ2) is 30.2. The highest BCUT2D eigenvalue weighted by Crippen LogP contribution is 2.45. The van der Waals surface area contributed by atoms with E-state index in [1.807, 2.05) is 24.3 Å². The van der Waals surface area contributed by atoms with E-state index in [9.17, 15) is 59.3 Å². The van der Waals surface area contributed by atoms with E-state index in [-0.39, 0.29) is 68.7 Å². The number of ether oxygens (including phenoxy) is 4. The monoisotopic (exact) mass is 1150 g/mol. The Bertz CT molecular complexity index is 2990. The molecular formula is C55H73N8O17P. The SMILES string of the molecule is COC(=O)C(CCCCCP(=O)(O)OC[C@H]1O[C@@H](n2ccc(N)nc2=O)C(O)[C@H]1O)NCc1c(CO)cnc(C)c1O.COC(=O)C(CCCCNC(=O)OCC1c2ccccc2-c2ccccc21)NCc1c(CO)cnc(C)c1O. The number of aliphatic hydroxyl groups is 4. The van der Waals surface area contributed by atoms with Gasteiger partial charge in [0.15, 0.2) is 6.23 Å². The number of aromatic hydroxyl groups is 2. The number of nitrogens with one attached hydrogen (secondary N) is 3. The molecule has 81 heavy (non-hydrogen) atoms. The van der Waals surface area contributed by atoms with Gasteiger partial charge in [-0.3, -0.25) is 28.7 Å². The lowest BCUT2D eigenvalue weighted by atomic mass is 9.98. The quantitative estimate of drug-likeness (QED) is 0.0155. The fraction of sp³-hybridized carbons (Fsp3) is 0.473. The van der Waals surface area contributed by atoms with Crippen LogP contribution in [-0.4, -0.2) is 144 Å². The highest BCUT2D eigenvalue weighted by molar-refractivity contribution is 7.52. The third-order valence-corrected chi connectivity index (χ3v) is 15.5. The van der Waals surface area contributed by atoms with Crippen molar-refractivity contribution in [2.45, 2.75) is 128 Å². The number of esters is 2. The predicted molar refractivity (Wildman–Crippen MR) is 293 cm³/mol. The number of aryl methyl sites for hydroxylation is 2. The number of anilines is 1. The zero-order valence-corrected chi connectivity index (χ0v) is 46.5. The van der Waals surface area contributed by atoms with Gasteiger partial charge in [0.1, 0.15) is 54.3 Å². The molecule has 0 spiro atoms. The fourth-order valence-electron chi connectivity index (χ4n) is 9.50. The number of aliphatic hydroxyl groups excluding tert-OH is 4. The third-order valence-electron chi connectivity index (χ3n) is 14.1. The van der Waals surface area contributed by atoms with Crippen LogP contribution in [0.1, 0.15) is 102 Å². The Morgan fingerprint density at radius 3 is 1.81 bits per heavy atom. The average molecular weight is 1150 g/mol. The molecule has 1 aliphatic carbocycles. The number of nitrogens with two attached hydrogens (primary N) is 1. The lowest BCUT2D eigenvalue weighted by Gasteiger charge is -2.19. The van der Waals surface area contributed by atoms with Gasteiger partial charge in [-0.25, -0.2) is 9.59 Å². The van der Waals surface area contributed by atoms with Crippen molar-refractivity contribution in [3.8, 4) is 22.6 Å². The summed E-state index contributed by atoms with van der Waals surface area (Å²) in [7, 11) is -1.52. The van der Waals surface area contributed by atoms with E-state index in [4.69, 9.17) is 29.2 Å². The van der Waals surface area contributed by atoms with E-state index in [2.05, 4.69) is 55.2 Å². The summed E-state index contributed by atoms with van der Waals surface area (Å²) in [6.07, 6.45) is 1.39. The number of carbonyl (C=O) groups excluding carboxylic acids is 3. The second-order valence-electron chi connectivity index (χ2n) is 19.5. The van der Waals surface area contributed by atoms with Crippen LogP contribution in [0.5, 0.6) is 11.5 Å². The van der Waals surface area contributed by atoms with Crippen molar-refractivity contribution in [1.29, 1.82) is 0 Å². The molecule has 440 valence electrons. The number of nitrogens with zero attached hydrogens (tertiary/aromatic N) is 4. The number of nitrogen functional groups attached to an aromatic ring is 1. The standard InChI is InChI=1S/C30H35N3O6.C25H38N5O11P/c1-19-28(35)25(20(17-34)15-32-19)16-33-27(29(36)38-2)13-7-8-14-31-30(37)39-18-26-23-11-5-3-9-21(23)22-10-4-6-12-24(22)26;1-14-20(32)16(15(12-31)10-27-14)11-28-17(24(35)39-2)6-4-3-5-9-42(37,38)40-13-18-21(33)22(34)23(41-18)30-8-7-19(26)29-25(30)36/h3-6,9-12,15,26-27,33-35H,7-8,13-14,16-18H2,1-2H3,(H,31,37);7-8,10,17-18,21-23,28,31-34H,3-6,9,11-13H2,1-2H3,(H,37,38)(H2,26,29,36)/t;17?,18-,21+,22?,23-/m.1/s1. The number of pyridine rings is 2. The summed E-state index contributed by atoms with van der Waals surface area (Å²) in [6, 6.07) is 16.4. The molecule has 0 bridgehead atoms. The number of benzene rings is 2. The number of alkyl carbamates (subject to hydrolysis) is 1. The van der Waals surface area contributed by atoms with Crippen LogP contribution < -0.4 is 27.4 Å². The number of hydrogen-bond acceptors (Lipinski definition) is 22. The van der Waals surface area contributed by atoms with Gasteiger partial charge in [-0.1, -0.05) is 61.4 Å². The number of carbonyl (C=O) groups is 3. The minimum atomic E-state index is -4.09. The number of methoxy groups -OCH3 is 2. The lowest BCUT2D eigenvalue weighted by Crippen LogP contribution is -2.37. The maximum absolute atomic E-state index is 12.6. The molecule has 0 saturated carbocycles. The molecule has 1 fully saturated rings. The number of rotatable bonds is 27. The molecule has 5 aromatic rings. The molecule has 25 nitrogen and oxygen atoms in total. The van der Waals surface area contributed by atoms with Gasteiger partial charge in [-0.15, -0.1) is 0 Å². The normalized spacial score (nSPS) is 17.9. The summed E-state index contributed by atoms with van der Waals surface area (Å²) in [4.78, 5) is 70.9. The van der Waals surface area contributed by atoms with Crippen LogP contribution in [-0.2, 0) is 63.9 Å². The van der Waals surface area contributed by atoms with Crippen molar-refractivity contribution in [2.24, 2.45) is 0 Å². The predicted octanol–water partition coefficient (Wildman–Crippen LogP) is 3.37. The van der Waals surface area contributed by atoms with E-state index >= 15 is 0 Å². The highest BCUT2D eigenvalue weighted by atomic mass is 31.2. The van der Waals surface area contributed by atoms with E-state index in [0.717, 1.165) is 15.7 Å². The molecule has 1 aliphatic heterocycles. The van der Waals surface area contributed by atoms with Crippen LogP contribution in [0.3, 0.4) is 0 Å². The van der Waals surface area contributed by atoms with Gasteiger partial charge in [0.2, 0.25) is 0 Å². The van der Waals surface area contributed by atoms with Crippen LogP contribution in [0.2, 0.25) is 0 Å². The molecule has 4 heterocycles. The smallest absolute Gasteiger partial charge is 0.407 e. The van der Waals surface area contributed by atoms with Crippen LogP contribution in [0.4, 0.5) is 10.6 Å². The van der Waals surface area contributed by atoms with Crippen molar-refractivity contribution >= 4 is 31.4 Å². The zero-order chi connectivity index (χ0) is 58.8. The maximum atomic E-state index is 12.6. The molecule has 3 aromatic heterocycles. The van der Waals surface area contributed by atoms with E-state index in [0.29, 0.717) is 78.7 Å². The molecule has 7 rings (SSSR count). The highest BCUT2D eigenvalue weighted by Gasteiger charge is 2.45. The van der Waals surface area contributed by atoms with Crippen LogP contribution in [0.15, 0.2) is 78.0 Å². The Morgan fingerprint density at radius 2 is 1.30 bits per heavy atom. The van der Waals surface area contributed by atoms with Gasteiger partial charge in [0.25, 0.3) is 0 Å². The van der Waals surface area contributed by atoms with Crippen molar-refractivity contribution in [1.82, 2.24) is 35.5 Å². The van der Waals surface area contributed by atoms with Gasteiger partial charge in [0, 0.05) is 72.6 Å². The number of hydrogen-bond donors (Lipinski definition) is 11. The summed E-state index contributed by atoms with van der Waals surface area (Å²) >= 11 is 0. The van der Waals surface area contributed by atoms with Gasteiger partial charge in [-0.2, -0.15) is 4.98 Å². The van der Waals surface area contributed by atoms with Crippen LogP contribution in [0, 0.1) is 13.8 Å². The van der Waals surface area contributed by atoms with E-state index < -0.39 is 74.5 Å². The number of fused-ring (bicyclic) bond motifs is 3. The first-order valence-corrected chi connectivity index (χ1v) is 28.2. The van der Waals surface area contributed by atoms with Crippen molar-refractivity contribution in [2.75, 3.05) is 45.9 Å². The minimum Gasteiger partial charge on any atom is -0.506 e. The van der Waals surface area contributed by atoms with Gasteiger partial charge in [-0.05, 0) is 74.3 Å². The molecule has 2 aromatic carbocycles.